The number of halogens is 1. The summed E-state index contributed by atoms with van der Waals surface area (Å²) in [5, 5.41) is 9.89. The Bertz CT molecular complexity index is 620. The molecule has 1 aromatic heterocycles. The third kappa shape index (κ3) is 1.85. The van der Waals surface area contributed by atoms with Gasteiger partial charge in [-0.15, -0.1) is 0 Å². The number of nitrogens with zero attached hydrogens (tertiary/aromatic N) is 2. The van der Waals surface area contributed by atoms with Crippen LogP contribution in [0.25, 0.3) is 10.9 Å². The Hall–Kier alpha value is -1.99. The van der Waals surface area contributed by atoms with Gasteiger partial charge in [-0.2, -0.15) is 5.26 Å². The topological polar surface area (TPSA) is 55.1 Å². The van der Waals surface area contributed by atoms with E-state index in [0.29, 0.717) is 33.0 Å². The van der Waals surface area contributed by atoms with Crippen LogP contribution in [0.15, 0.2) is 18.3 Å². The molecular weight excluding hydrogens is 240 g/mol. The molecule has 5 heteroatoms. The Morgan fingerprint density at radius 2 is 2.06 bits per heavy atom. The molecule has 0 unspecified atom stereocenters. The maximum atomic E-state index is 8.89. The molecule has 0 fully saturated rings. The van der Waals surface area contributed by atoms with E-state index in [1.165, 1.54) is 6.20 Å². The van der Waals surface area contributed by atoms with Gasteiger partial charge in [0, 0.05) is 17.6 Å². The zero-order chi connectivity index (χ0) is 12.4. The van der Waals surface area contributed by atoms with Crippen LogP contribution < -0.4 is 9.47 Å². The summed E-state index contributed by atoms with van der Waals surface area (Å²) in [6.07, 6.45) is 1.43. The van der Waals surface area contributed by atoms with Gasteiger partial charge < -0.3 is 9.47 Å². The molecule has 0 aliphatic carbocycles. The number of pyridine rings is 1. The molecule has 0 N–H and O–H groups in total. The third-order valence-corrected chi connectivity index (χ3v) is 2.83. The smallest absolute Gasteiger partial charge is 0.148 e. The Labute approximate surface area is 103 Å². The van der Waals surface area contributed by atoms with Crippen LogP contribution in [0.2, 0.25) is 5.02 Å². The monoisotopic (exact) mass is 248 g/mol. The molecule has 0 aliphatic rings. The standard InChI is InChI=1S/C12H9ClN2O2/c1-16-8-3-9-11(13)7(5-14)6-15-12(9)10(4-8)17-2/h3-4,6H,1-2H3. The number of hydrogen-bond acceptors (Lipinski definition) is 4. The normalized spacial score (nSPS) is 10.0. The van der Waals surface area contributed by atoms with E-state index in [4.69, 9.17) is 26.3 Å². The van der Waals surface area contributed by atoms with Crippen molar-refractivity contribution < 1.29 is 9.47 Å². The van der Waals surface area contributed by atoms with Crippen LogP contribution in [0.3, 0.4) is 0 Å². The number of fused-ring (bicyclic) bond motifs is 1. The highest BCUT2D eigenvalue weighted by Gasteiger charge is 2.12. The van der Waals surface area contributed by atoms with E-state index in [1.54, 1.807) is 26.4 Å². The van der Waals surface area contributed by atoms with E-state index in [-0.39, 0.29) is 0 Å². The van der Waals surface area contributed by atoms with Crippen LogP contribution in [0.5, 0.6) is 11.5 Å². The number of nitriles is 1. The lowest BCUT2D eigenvalue weighted by Crippen LogP contribution is -1.92. The second-order valence-electron chi connectivity index (χ2n) is 3.32. The maximum Gasteiger partial charge on any atom is 0.148 e. The largest absolute Gasteiger partial charge is 0.497 e. The molecule has 0 saturated carbocycles. The van der Waals surface area contributed by atoms with Crippen molar-refractivity contribution in [1.29, 1.82) is 5.26 Å². The van der Waals surface area contributed by atoms with Crippen molar-refractivity contribution in [2.45, 2.75) is 0 Å². The summed E-state index contributed by atoms with van der Waals surface area (Å²) < 4.78 is 10.4. The summed E-state index contributed by atoms with van der Waals surface area (Å²) in [5.41, 5.74) is 0.937. The molecule has 0 aliphatic heterocycles. The van der Waals surface area contributed by atoms with Crippen molar-refractivity contribution in [3.05, 3.63) is 28.9 Å². The van der Waals surface area contributed by atoms with Gasteiger partial charge in [-0.05, 0) is 6.07 Å². The molecule has 1 heterocycles. The van der Waals surface area contributed by atoms with Gasteiger partial charge in [-0.1, -0.05) is 11.6 Å². The molecule has 0 bridgehead atoms. The average molecular weight is 249 g/mol. The number of benzene rings is 1. The molecule has 86 valence electrons. The first-order valence-electron chi connectivity index (χ1n) is 4.81. The second-order valence-corrected chi connectivity index (χ2v) is 3.70. The van der Waals surface area contributed by atoms with Gasteiger partial charge >= 0.3 is 0 Å². The molecular formula is C12H9ClN2O2. The van der Waals surface area contributed by atoms with Crippen molar-refractivity contribution in [1.82, 2.24) is 4.98 Å². The van der Waals surface area contributed by atoms with Crippen LogP contribution in [0, 0.1) is 11.3 Å². The van der Waals surface area contributed by atoms with Gasteiger partial charge in [0.05, 0.1) is 24.8 Å². The molecule has 0 atom stereocenters. The minimum absolute atomic E-state index is 0.328. The van der Waals surface area contributed by atoms with E-state index in [1.807, 2.05) is 6.07 Å². The first-order chi connectivity index (χ1) is 8.21. The number of hydrogen-bond donors (Lipinski definition) is 0. The fourth-order valence-corrected chi connectivity index (χ4v) is 1.80. The highest BCUT2D eigenvalue weighted by molar-refractivity contribution is 6.36. The van der Waals surface area contributed by atoms with E-state index < -0.39 is 0 Å². The first kappa shape index (κ1) is 11.5. The first-order valence-corrected chi connectivity index (χ1v) is 5.19. The number of ether oxygens (including phenoxy) is 2. The minimum Gasteiger partial charge on any atom is -0.497 e. The molecule has 0 radical (unpaired) electrons. The van der Waals surface area contributed by atoms with Gasteiger partial charge in [-0.25, -0.2) is 0 Å². The molecule has 0 amide bonds. The van der Waals surface area contributed by atoms with Crippen LogP contribution in [-0.2, 0) is 0 Å². The van der Waals surface area contributed by atoms with Crippen LogP contribution in [0.1, 0.15) is 5.56 Å². The molecule has 2 rings (SSSR count). The highest BCUT2D eigenvalue weighted by Crippen LogP contribution is 2.34. The SMILES string of the molecule is COc1cc(OC)c2ncc(C#N)c(Cl)c2c1. The number of aromatic nitrogens is 1. The molecule has 1 aromatic carbocycles. The second kappa shape index (κ2) is 4.48. The zero-order valence-electron chi connectivity index (χ0n) is 9.32. The maximum absolute atomic E-state index is 8.89. The Balaban J connectivity index is 2.86. The van der Waals surface area contributed by atoms with Gasteiger partial charge in [-0.3, -0.25) is 4.98 Å². The number of methoxy groups -OCH3 is 2. The Morgan fingerprint density at radius 1 is 1.29 bits per heavy atom. The van der Waals surface area contributed by atoms with Crippen molar-refractivity contribution in [2.24, 2.45) is 0 Å². The highest BCUT2D eigenvalue weighted by atomic mass is 35.5. The van der Waals surface area contributed by atoms with E-state index >= 15 is 0 Å². The van der Waals surface area contributed by atoms with Gasteiger partial charge in [0.1, 0.15) is 23.1 Å². The summed E-state index contributed by atoms with van der Waals surface area (Å²) in [7, 11) is 3.10. The van der Waals surface area contributed by atoms with Crippen molar-refractivity contribution >= 4 is 22.5 Å². The predicted octanol–water partition coefficient (Wildman–Crippen LogP) is 2.78. The van der Waals surface area contributed by atoms with E-state index in [9.17, 15) is 0 Å². The summed E-state index contributed by atoms with van der Waals surface area (Å²) in [6, 6.07) is 5.44. The van der Waals surface area contributed by atoms with Crippen LogP contribution in [0.4, 0.5) is 0 Å². The lowest BCUT2D eigenvalue weighted by Gasteiger charge is -2.09. The minimum atomic E-state index is 0.328. The van der Waals surface area contributed by atoms with Gasteiger partial charge in [0.15, 0.2) is 0 Å². The lowest BCUT2D eigenvalue weighted by molar-refractivity contribution is 0.397. The Kier molecular flexibility index (Phi) is 3.03. The van der Waals surface area contributed by atoms with Gasteiger partial charge in [0.25, 0.3) is 0 Å². The fraction of sp³-hybridized carbons (Fsp3) is 0.167. The molecule has 2 aromatic rings. The van der Waals surface area contributed by atoms with Crippen LogP contribution in [-0.4, -0.2) is 19.2 Å². The average Bonchev–Trinajstić information content (AvgIpc) is 2.38. The summed E-state index contributed by atoms with van der Waals surface area (Å²) >= 11 is 6.13. The predicted molar refractivity (Wildman–Crippen MR) is 64.6 cm³/mol. The molecule has 0 spiro atoms. The Morgan fingerprint density at radius 3 is 2.65 bits per heavy atom. The lowest BCUT2D eigenvalue weighted by atomic mass is 10.1. The summed E-state index contributed by atoms with van der Waals surface area (Å²) in [6.45, 7) is 0. The molecule has 4 nitrogen and oxygen atoms in total. The zero-order valence-corrected chi connectivity index (χ0v) is 10.1. The summed E-state index contributed by atoms with van der Waals surface area (Å²) in [5.74, 6) is 1.17. The van der Waals surface area contributed by atoms with E-state index in [0.717, 1.165) is 0 Å². The fourth-order valence-electron chi connectivity index (χ4n) is 1.57. The van der Waals surface area contributed by atoms with Crippen LogP contribution >= 0.6 is 11.6 Å². The number of rotatable bonds is 2. The van der Waals surface area contributed by atoms with Crippen molar-refractivity contribution in [3.8, 4) is 17.6 Å². The third-order valence-electron chi connectivity index (χ3n) is 2.42. The van der Waals surface area contributed by atoms with Crippen molar-refractivity contribution in [2.75, 3.05) is 14.2 Å². The van der Waals surface area contributed by atoms with Crippen molar-refractivity contribution in [3.63, 3.8) is 0 Å². The quantitative estimate of drug-likeness (QED) is 0.820. The molecule has 17 heavy (non-hydrogen) atoms. The molecule has 0 saturated heterocycles. The van der Waals surface area contributed by atoms with E-state index in [2.05, 4.69) is 4.98 Å². The van der Waals surface area contributed by atoms with Gasteiger partial charge in [0.2, 0.25) is 0 Å². The summed E-state index contributed by atoms with van der Waals surface area (Å²) in [4.78, 5) is 4.17.